The molecule has 1 aromatic heterocycles. The highest BCUT2D eigenvalue weighted by atomic mass is 16.5. The van der Waals surface area contributed by atoms with Crippen LogP contribution in [0, 0.1) is 11.3 Å². The van der Waals surface area contributed by atoms with Crippen molar-refractivity contribution in [2.45, 2.75) is 25.5 Å². The Balaban J connectivity index is 1.73. The van der Waals surface area contributed by atoms with Crippen molar-refractivity contribution in [3.63, 3.8) is 0 Å². The van der Waals surface area contributed by atoms with Crippen LogP contribution in [0.2, 0.25) is 0 Å². The number of aliphatic hydroxyl groups excluding tert-OH is 1. The summed E-state index contributed by atoms with van der Waals surface area (Å²) in [4.78, 5) is 6.71. The van der Waals surface area contributed by atoms with Gasteiger partial charge in [-0.05, 0) is 42.7 Å². The van der Waals surface area contributed by atoms with E-state index in [1.54, 1.807) is 13.3 Å². The van der Waals surface area contributed by atoms with Crippen LogP contribution < -0.4 is 15.0 Å². The van der Waals surface area contributed by atoms with E-state index in [9.17, 15) is 10.4 Å². The number of aliphatic hydroxyl groups is 1. The summed E-state index contributed by atoms with van der Waals surface area (Å²) in [5.74, 6) is 1.49. The molecule has 0 aliphatic carbocycles. The third-order valence-corrected chi connectivity index (χ3v) is 4.42. The number of ether oxygens (including phenoxy) is 1. The zero-order valence-electron chi connectivity index (χ0n) is 14.3. The summed E-state index contributed by atoms with van der Waals surface area (Å²) in [7, 11) is 1.56. The van der Waals surface area contributed by atoms with Crippen LogP contribution in [0.1, 0.15) is 24.0 Å². The third-order valence-electron chi connectivity index (χ3n) is 4.42. The molecule has 130 valence electrons. The van der Waals surface area contributed by atoms with Gasteiger partial charge in [0.2, 0.25) is 0 Å². The number of pyridine rings is 1. The van der Waals surface area contributed by atoms with E-state index in [2.05, 4.69) is 21.3 Å². The van der Waals surface area contributed by atoms with Gasteiger partial charge in [-0.1, -0.05) is 6.07 Å². The van der Waals surface area contributed by atoms with Crippen LogP contribution in [0.15, 0.2) is 36.5 Å². The zero-order chi connectivity index (χ0) is 17.6. The molecule has 6 nitrogen and oxygen atoms in total. The summed E-state index contributed by atoms with van der Waals surface area (Å²) in [5, 5.41) is 22.3. The zero-order valence-corrected chi connectivity index (χ0v) is 14.3. The number of aromatic nitrogens is 1. The Bertz CT molecular complexity index is 764. The highest BCUT2D eigenvalue weighted by molar-refractivity contribution is 5.65. The van der Waals surface area contributed by atoms with Gasteiger partial charge in [0.1, 0.15) is 11.8 Å². The van der Waals surface area contributed by atoms with Crippen molar-refractivity contribution in [1.29, 1.82) is 5.26 Å². The summed E-state index contributed by atoms with van der Waals surface area (Å²) in [5.41, 5.74) is 2.48. The SMILES string of the molecule is COc1ccc(CNc2cccnc2N2CCC(O)CC2)cc1C#N. The van der Waals surface area contributed by atoms with Crippen molar-refractivity contribution in [3.8, 4) is 11.8 Å². The summed E-state index contributed by atoms with van der Waals surface area (Å²) in [6.45, 7) is 2.19. The standard InChI is InChI=1S/C19H22N4O2/c1-25-18-5-4-14(11-15(18)12-20)13-22-17-3-2-8-21-19(17)23-9-6-16(24)7-10-23/h2-5,8,11,16,22,24H,6-7,9-10,13H2,1H3. The van der Waals surface area contributed by atoms with Crippen LogP contribution >= 0.6 is 0 Å². The lowest BCUT2D eigenvalue weighted by atomic mass is 10.1. The number of nitrogens with zero attached hydrogens (tertiary/aromatic N) is 3. The first-order chi connectivity index (χ1) is 12.2. The Morgan fingerprint density at radius 1 is 1.36 bits per heavy atom. The summed E-state index contributed by atoms with van der Waals surface area (Å²) in [6, 6.07) is 11.6. The molecule has 25 heavy (non-hydrogen) atoms. The smallest absolute Gasteiger partial charge is 0.151 e. The molecule has 0 atom stereocenters. The first-order valence-electron chi connectivity index (χ1n) is 8.40. The predicted molar refractivity (Wildman–Crippen MR) is 96.7 cm³/mol. The molecule has 2 aromatic rings. The molecule has 6 heteroatoms. The van der Waals surface area contributed by atoms with Gasteiger partial charge < -0.3 is 20.1 Å². The van der Waals surface area contributed by atoms with E-state index < -0.39 is 0 Å². The second-order valence-corrected chi connectivity index (χ2v) is 6.09. The van der Waals surface area contributed by atoms with Crippen LogP contribution in [0.5, 0.6) is 5.75 Å². The number of hydrogen-bond donors (Lipinski definition) is 2. The first kappa shape index (κ1) is 17.1. The molecule has 0 bridgehead atoms. The highest BCUT2D eigenvalue weighted by Gasteiger charge is 2.20. The molecular formula is C19H22N4O2. The Hall–Kier alpha value is -2.78. The topological polar surface area (TPSA) is 81.4 Å². The van der Waals surface area contributed by atoms with E-state index in [0.717, 1.165) is 43.0 Å². The summed E-state index contributed by atoms with van der Waals surface area (Å²) < 4.78 is 5.18. The maximum absolute atomic E-state index is 9.69. The van der Waals surface area contributed by atoms with Crippen LogP contribution in [-0.2, 0) is 6.54 Å². The summed E-state index contributed by atoms with van der Waals surface area (Å²) >= 11 is 0. The van der Waals surface area contributed by atoms with Gasteiger partial charge in [0, 0.05) is 25.8 Å². The normalized spacial score (nSPS) is 14.8. The molecule has 1 aliphatic rings. The van der Waals surface area contributed by atoms with Crippen molar-refractivity contribution in [1.82, 2.24) is 4.98 Å². The summed E-state index contributed by atoms with van der Waals surface area (Å²) in [6.07, 6.45) is 3.10. The second-order valence-electron chi connectivity index (χ2n) is 6.09. The lowest BCUT2D eigenvalue weighted by Crippen LogP contribution is -2.36. The molecule has 0 radical (unpaired) electrons. The molecular weight excluding hydrogens is 316 g/mol. The Morgan fingerprint density at radius 3 is 2.88 bits per heavy atom. The lowest BCUT2D eigenvalue weighted by Gasteiger charge is -2.31. The minimum Gasteiger partial charge on any atom is -0.495 e. The van der Waals surface area contributed by atoms with E-state index >= 15 is 0 Å². The third kappa shape index (κ3) is 4.01. The molecule has 1 aromatic carbocycles. The molecule has 0 amide bonds. The molecule has 1 aliphatic heterocycles. The molecule has 1 fully saturated rings. The predicted octanol–water partition coefficient (Wildman–Crippen LogP) is 2.54. The van der Waals surface area contributed by atoms with Crippen molar-refractivity contribution in [2.75, 3.05) is 30.4 Å². The molecule has 2 N–H and O–H groups in total. The second kappa shape index (κ2) is 7.86. The average molecular weight is 338 g/mol. The Labute approximate surface area is 147 Å². The fraction of sp³-hybridized carbons (Fsp3) is 0.368. The lowest BCUT2D eigenvalue weighted by molar-refractivity contribution is 0.145. The maximum Gasteiger partial charge on any atom is 0.151 e. The number of piperidine rings is 1. The van der Waals surface area contributed by atoms with Gasteiger partial charge in [0.25, 0.3) is 0 Å². The van der Waals surface area contributed by atoms with Crippen molar-refractivity contribution >= 4 is 11.5 Å². The van der Waals surface area contributed by atoms with Gasteiger partial charge >= 0.3 is 0 Å². The highest BCUT2D eigenvalue weighted by Crippen LogP contribution is 2.27. The molecule has 3 rings (SSSR count). The number of methoxy groups -OCH3 is 1. The molecule has 0 unspecified atom stereocenters. The van der Waals surface area contributed by atoms with Gasteiger partial charge in [0.15, 0.2) is 5.82 Å². The Kier molecular flexibility index (Phi) is 5.36. The maximum atomic E-state index is 9.69. The molecule has 2 heterocycles. The van der Waals surface area contributed by atoms with Gasteiger partial charge in [-0.25, -0.2) is 4.98 Å². The minimum absolute atomic E-state index is 0.208. The first-order valence-corrected chi connectivity index (χ1v) is 8.40. The van der Waals surface area contributed by atoms with Gasteiger partial charge in [0.05, 0.1) is 24.5 Å². The van der Waals surface area contributed by atoms with Crippen molar-refractivity contribution in [2.24, 2.45) is 0 Å². The van der Waals surface area contributed by atoms with E-state index in [-0.39, 0.29) is 6.10 Å². The number of anilines is 2. The largest absolute Gasteiger partial charge is 0.495 e. The quantitative estimate of drug-likeness (QED) is 0.872. The van der Waals surface area contributed by atoms with E-state index in [0.29, 0.717) is 17.9 Å². The number of hydrogen-bond acceptors (Lipinski definition) is 6. The van der Waals surface area contributed by atoms with E-state index in [1.165, 1.54) is 0 Å². The van der Waals surface area contributed by atoms with Crippen LogP contribution in [0.3, 0.4) is 0 Å². The van der Waals surface area contributed by atoms with Gasteiger partial charge in [-0.2, -0.15) is 5.26 Å². The number of nitriles is 1. The van der Waals surface area contributed by atoms with E-state index in [4.69, 9.17) is 4.74 Å². The monoisotopic (exact) mass is 338 g/mol. The fourth-order valence-corrected chi connectivity index (χ4v) is 3.01. The van der Waals surface area contributed by atoms with Crippen LogP contribution in [-0.4, -0.2) is 36.4 Å². The number of nitrogens with one attached hydrogen (secondary N) is 1. The van der Waals surface area contributed by atoms with Gasteiger partial charge in [-0.3, -0.25) is 0 Å². The number of rotatable bonds is 5. The fourth-order valence-electron chi connectivity index (χ4n) is 3.01. The molecule has 0 spiro atoms. The van der Waals surface area contributed by atoms with Crippen molar-refractivity contribution in [3.05, 3.63) is 47.7 Å². The Morgan fingerprint density at radius 2 is 2.16 bits per heavy atom. The van der Waals surface area contributed by atoms with Crippen molar-refractivity contribution < 1.29 is 9.84 Å². The number of benzene rings is 1. The molecule has 1 saturated heterocycles. The molecule has 0 saturated carbocycles. The van der Waals surface area contributed by atoms with Gasteiger partial charge in [-0.15, -0.1) is 0 Å². The minimum atomic E-state index is -0.208. The average Bonchev–Trinajstić information content (AvgIpc) is 2.67. The van der Waals surface area contributed by atoms with Crippen LogP contribution in [0.25, 0.3) is 0 Å². The van der Waals surface area contributed by atoms with E-state index in [1.807, 2.05) is 30.3 Å². The van der Waals surface area contributed by atoms with Crippen LogP contribution in [0.4, 0.5) is 11.5 Å².